The Morgan fingerprint density at radius 1 is 1.05 bits per heavy atom. The summed E-state index contributed by atoms with van der Waals surface area (Å²) < 4.78 is 22.7. The lowest BCUT2D eigenvalue weighted by Gasteiger charge is -2.08. The second-order valence-corrected chi connectivity index (χ2v) is 7.74. The van der Waals surface area contributed by atoms with Crippen molar-refractivity contribution in [3.63, 3.8) is 0 Å². The Morgan fingerprint density at radius 3 is 2.27 bits per heavy atom. The molecule has 0 fully saturated rings. The number of sulfone groups is 1. The van der Waals surface area contributed by atoms with Crippen molar-refractivity contribution in [1.29, 1.82) is 0 Å². The van der Waals surface area contributed by atoms with E-state index in [-0.39, 0.29) is 11.7 Å². The second-order valence-electron chi connectivity index (χ2n) is 5.60. The molecular weight excluding hydrogens is 298 g/mol. The Morgan fingerprint density at radius 2 is 1.68 bits per heavy atom. The van der Waals surface area contributed by atoms with Gasteiger partial charge < -0.3 is 5.32 Å². The van der Waals surface area contributed by atoms with Crippen LogP contribution >= 0.6 is 0 Å². The fourth-order valence-electron chi connectivity index (χ4n) is 2.36. The van der Waals surface area contributed by atoms with Crippen LogP contribution in [0.5, 0.6) is 0 Å². The van der Waals surface area contributed by atoms with Gasteiger partial charge in [0.05, 0.1) is 5.75 Å². The molecule has 1 N–H and O–H groups in total. The highest BCUT2D eigenvalue weighted by Crippen LogP contribution is 2.16. The molecule has 0 radical (unpaired) electrons. The number of anilines is 1. The Kier molecular flexibility index (Phi) is 4.66. The Hall–Kier alpha value is -2.14. The fourth-order valence-corrected chi connectivity index (χ4v) is 3.14. The molecule has 22 heavy (non-hydrogen) atoms. The molecule has 116 valence electrons. The van der Waals surface area contributed by atoms with Crippen LogP contribution in [0.3, 0.4) is 0 Å². The molecule has 2 aromatic carbocycles. The van der Waals surface area contributed by atoms with Gasteiger partial charge in [0.15, 0.2) is 9.84 Å². The van der Waals surface area contributed by atoms with Crippen LogP contribution in [0, 0.1) is 13.8 Å². The van der Waals surface area contributed by atoms with Crippen molar-refractivity contribution in [1.82, 2.24) is 0 Å². The van der Waals surface area contributed by atoms with Gasteiger partial charge in [-0.15, -0.1) is 0 Å². The van der Waals surface area contributed by atoms with Crippen LogP contribution in [0.15, 0.2) is 42.5 Å². The molecular formula is C17H19NO3S. The molecule has 0 saturated carbocycles. The summed E-state index contributed by atoms with van der Waals surface area (Å²) >= 11 is 0. The molecule has 2 rings (SSSR count). The predicted molar refractivity (Wildman–Crippen MR) is 88.9 cm³/mol. The maximum atomic E-state index is 12.3. The average molecular weight is 317 g/mol. The van der Waals surface area contributed by atoms with Crippen molar-refractivity contribution in [2.45, 2.75) is 19.6 Å². The molecule has 4 nitrogen and oxygen atoms in total. The van der Waals surface area contributed by atoms with Crippen LogP contribution in [0.2, 0.25) is 0 Å². The SMILES string of the molecule is Cc1cc(C)cc(NC(=O)c2cccc(CS(C)(=O)=O)c2)c1. The van der Waals surface area contributed by atoms with Crippen molar-refractivity contribution >= 4 is 21.4 Å². The molecule has 0 aromatic heterocycles. The summed E-state index contributed by atoms with van der Waals surface area (Å²) in [5.41, 5.74) is 3.93. The Bertz CT molecular complexity index is 790. The topological polar surface area (TPSA) is 63.2 Å². The van der Waals surface area contributed by atoms with Crippen LogP contribution in [0.1, 0.15) is 27.0 Å². The second kappa shape index (κ2) is 6.32. The molecule has 0 saturated heterocycles. The van der Waals surface area contributed by atoms with Crippen molar-refractivity contribution in [3.8, 4) is 0 Å². The van der Waals surface area contributed by atoms with Crippen LogP contribution in [0.25, 0.3) is 0 Å². The number of aryl methyl sites for hydroxylation is 2. The maximum Gasteiger partial charge on any atom is 0.255 e. The molecule has 5 heteroatoms. The summed E-state index contributed by atoms with van der Waals surface area (Å²) in [7, 11) is -3.12. The van der Waals surface area contributed by atoms with Crippen molar-refractivity contribution in [2.75, 3.05) is 11.6 Å². The highest BCUT2D eigenvalue weighted by molar-refractivity contribution is 7.89. The number of amides is 1. The van der Waals surface area contributed by atoms with E-state index in [0.717, 1.165) is 16.8 Å². The molecule has 0 aliphatic heterocycles. The van der Waals surface area contributed by atoms with Crippen LogP contribution < -0.4 is 5.32 Å². The van der Waals surface area contributed by atoms with Crippen LogP contribution in [-0.4, -0.2) is 20.6 Å². The van der Waals surface area contributed by atoms with E-state index in [1.54, 1.807) is 24.3 Å². The number of rotatable bonds is 4. The summed E-state index contributed by atoms with van der Waals surface area (Å²) in [5, 5.41) is 2.84. The van der Waals surface area contributed by atoms with Gasteiger partial charge in [-0.3, -0.25) is 4.79 Å². The smallest absolute Gasteiger partial charge is 0.255 e. The molecule has 1 amide bonds. The van der Waals surface area contributed by atoms with Gasteiger partial charge in [0.2, 0.25) is 0 Å². The van der Waals surface area contributed by atoms with E-state index in [4.69, 9.17) is 0 Å². The van der Waals surface area contributed by atoms with E-state index < -0.39 is 9.84 Å². The maximum absolute atomic E-state index is 12.3. The highest BCUT2D eigenvalue weighted by Gasteiger charge is 2.10. The monoisotopic (exact) mass is 317 g/mol. The quantitative estimate of drug-likeness (QED) is 0.942. The van der Waals surface area contributed by atoms with Gasteiger partial charge in [0.1, 0.15) is 0 Å². The first-order valence-corrected chi connectivity index (χ1v) is 8.95. The lowest BCUT2D eigenvalue weighted by molar-refractivity contribution is 0.102. The van der Waals surface area contributed by atoms with Crippen LogP contribution in [0.4, 0.5) is 5.69 Å². The molecule has 0 heterocycles. The minimum Gasteiger partial charge on any atom is -0.322 e. The van der Waals surface area contributed by atoms with Gasteiger partial charge in [-0.2, -0.15) is 0 Å². The molecule has 0 unspecified atom stereocenters. The Labute approximate surface area is 131 Å². The first-order valence-electron chi connectivity index (χ1n) is 6.89. The van der Waals surface area contributed by atoms with Crippen molar-refractivity contribution < 1.29 is 13.2 Å². The Balaban J connectivity index is 2.21. The number of carbonyl (C=O) groups excluding carboxylic acids is 1. The van der Waals surface area contributed by atoms with E-state index in [1.807, 2.05) is 32.0 Å². The van der Waals surface area contributed by atoms with Gasteiger partial charge in [0.25, 0.3) is 5.91 Å². The number of hydrogen-bond donors (Lipinski definition) is 1. The summed E-state index contributed by atoms with van der Waals surface area (Å²) in [6.07, 6.45) is 1.18. The molecule has 0 bridgehead atoms. The fraction of sp³-hybridized carbons (Fsp3) is 0.235. The zero-order valence-corrected chi connectivity index (χ0v) is 13.7. The minimum atomic E-state index is -3.12. The van der Waals surface area contributed by atoms with Gasteiger partial charge in [-0.05, 0) is 54.8 Å². The number of hydrogen-bond acceptors (Lipinski definition) is 3. The third-order valence-corrected chi connectivity index (χ3v) is 3.96. The minimum absolute atomic E-state index is 0.0718. The first-order chi connectivity index (χ1) is 10.2. The lowest BCUT2D eigenvalue weighted by atomic mass is 10.1. The lowest BCUT2D eigenvalue weighted by Crippen LogP contribution is -2.13. The van der Waals surface area contributed by atoms with Gasteiger partial charge in [-0.1, -0.05) is 18.2 Å². The van der Waals surface area contributed by atoms with E-state index in [0.29, 0.717) is 11.1 Å². The number of benzene rings is 2. The highest BCUT2D eigenvalue weighted by atomic mass is 32.2. The van der Waals surface area contributed by atoms with Gasteiger partial charge in [0, 0.05) is 17.5 Å². The third-order valence-electron chi connectivity index (χ3n) is 3.10. The van der Waals surface area contributed by atoms with Crippen molar-refractivity contribution in [3.05, 3.63) is 64.7 Å². The van der Waals surface area contributed by atoms with E-state index in [1.165, 1.54) is 6.26 Å². The summed E-state index contributed by atoms with van der Waals surface area (Å²) in [6.45, 7) is 3.94. The van der Waals surface area contributed by atoms with E-state index in [2.05, 4.69) is 5.32 Å². The summed E-state index contributed by atoms with van der Waals surface area (Å²) in [6, 6.07) is 12.5. The molecule has 0 aliphatic rings. The molecule has 0 spiro atoms. The predicted octanol–water partition coefficient (Wildman–Crippen LogP) is 3.10. The van der Waals surface area contributed by atoms with Gasteiger partial charge in [-0.25, -0.2) is 8.42 Å². The molecule has 2 aromatic rings. The number of carbonyl (C=O) groups is 1. The molecule has 0 atom stereocenters. The third kappa shape index (κ3) is 4.70. The first kappa shape index (κ1) is 16.2. The normalized spacial score (nSPS) is 11.2. The van der Waals surface area contributed by atoms with Crippen molar-refractivity contribution in [2.24, 2.45) is 0 Å². The zero-order chi connectivity index (χ0) is 16.3. The van der Waals surface area contributed by atoms with Gasteiger partial charge >= 0.3 is 0 Å². The summed E-state index contributed by atoms with van der Waals surface area (Å²) in [5.74, 6) is -0.321. The summed E-state index contributed by atoms with van der Waals surface area (Å²) in [4.78, 5) is 12.3. The largest absolute Gasteiger partial charge is 0.322 e. The van der Waals surface area contributed by atoms with E-state index in [9.17, 15) is 13.2 Å². The van der Waals surface area contributed by atoms with E-state index >= 15 is 0 Å². The molecule has 0 aliphatic carbocycles. The number of nitrogens with one attached hydrogen (secondary N) is 1. The standard InChI is InChI=1S/C17H19NO3S/c1-12-7-13(2)9-16(8-12)18-17(19)15-6-4-5-14(10-15)11-22(3,20)21/h4-10H,11H2,1-3H3,(H,18,19). The average Bonchev–Trinajstić information content (AvgIpc) is 2.35. The zero-order valence-electron chi connectivity index (χ0n) is 12.9. The van der Waals surface area contributed by atoms with Crippen LogP contribution in [-0.2, 0) is 15.6 Å².